The van der Waals surface area contributed by atoms with E-state index >= 15 is 0 Å². The Morgan fingerprint density at radius 2 is 1.76 bits per heavy atom. The number of benzene rings is 2. The predicted molar refractivity (Wildman–Crippen MR) is 162 cm³/mol. The predicted octanol–water partition coefficient (Wildman–Crippen LogP) is 8.00. The van der Waals surface area contributed by atoms with E-state index in [1.165, 1.54) is 0 Å². The van der Waals surface area contributed by atoms with Gasteiger partial charge in [0, 0.05) is 41.7 Å². The number of carbonyl (C=O) groups is 1. The first-order chi connectivity index (χ1) is 19.9. The minimum atomic E-state index is -0.867. The van der Waals surface area contributed by atoms with Gasteiger partial charge in [0.15, 0.2) is 5.13 Å². The summed E-state index contributed by atoms with van der Waals surface area (Å²) >= 11 is 14.8. The van der Waals surface area contributed by atoms with Crippen LogP contribution in [0.15, 0.2) is 34.9 Å². The summed E-state index contributed by atoms with van der Waals surface area (Å²) in [6.07, 6.45) is 8.85. The fourth-order valence-electron chi connectivity index (χ4n) is 6.97. The van der Waals surface area contributed by atoms with Crippen LogP contribution in [0.4, 0.5) is 5.13 Å². The van der Waals surface area contributed by atoms with Crippen LogP contribution >= 0.6 is 34.5 Å². The molecule has 2 bridgehead atoms. The molecule has 8 rings (SSSR count). The summed E-state index contributed by atoms with van der Waals surface area (Å²) < 4.78 is 6.87. The molecule has 2 aromatic heterocycles. The Balaban J connectivity index is 1.03. The molecule has 0 radical (unpaired) electrons. The highest BCUT2D eigenvalue weighted by molar-refractivity contribution is 7.22. The summed E-state index contributed by atoms with van der Waals surface area (Å²) in [6, 6.07) is 10.4. The number of nitrogens with one attached hydrogen (secondary N) is 1. The van der Waals surface area contributed by atoms with Gasteiger partial charge in [-0.25, -0.2) is 9.78 Å². The van der Waals surface area contributed by atoms with E-state index in [-0.39, 0.29) is 0 Å². The highest BCUT2D eigenvalue weighted by Crippen LogP contribution is 2.48. The van der Waals surface area contributed by atoms with Gasteiger partial charge in [-0.3, -0.25) is 0 Å². The van der Waals surface area contributed by atoms with Crippen molar-refractivity contribution in [2.75, 3.05) is 4.90 Å². The number of aromatic nitrogens is 2. The zero-order valence-electron chi connectivity index (χ0n) is 22.4. The molecular weight excluding hydrogens is 579 g/mol. The van der Waals surface area contributed by atoms with E-state index in [1.807, 2.05) is 24.3 Å². The molecule has 2 aliphatic carbocycles. The van der Waals surface area contributed by atoms with Crippen LogP contribution in [0.25, 0.3) is 21.5 Å². The molecule has 2 aliphatic heterocycles. The lowest BCUT2D eigenvalue weighted by molar-refractivity contribution is 0.0697. The van der Waals surface area contributed by atoms with Gasteiger partial charge in [-0.1, -0.05) is 45.8 Å². The molecule has 2 saturated heterocycles. The molecule has 2 aromatic carbocycles. The molecule has 0 amide bonds. The number of nitrogens with zero attached hydrogens (tertiary/aromatic N) is 3. The Kier molecular flexibility index (Phi) is 6.33. The van der Waals surface area contributed by atoms with Gasteiger partial charge >= 0.3 is 5.97 Å². The molecule has 10 heteroatoms. The van der Waals surface area contributed by atoms with Crippen LogP contribution in [0.1, 0.15) is 90.4 Å². The van der Waals surface area contributed by atoms with E-state index in [1.54, 1.807) is 17.4 Å². The van der Waals surface area contributed by atoms with E-state index < -0.39 is 5.97 Å². The number of hydrogen-bond donors (Lipinski definition) is 2. The van der Waals surface area contributed by atoms with Gasteiger partial charge in [-0.05, 0) is 87.1 Å². The highest BCUT2D eigenvalue weighted by Gasteiger charge is 2.43. The second-order valence-corrected chi connectivity index (χ2v) is 13.9. The second-order valence-electron chi connectivity index (χ2n) is 12.1. The van der Waals surface area contributed by atoms with Gasteiger partial charge < -0.3 is 19.8 Å². The second kappa shape index (κ2) is 9.97. The van der Waals surface area contributed by atoms with Gasteiger partial charge in [0.25, 0.3) is 0 Å². The molecule has 41 heavy (non-hydrogen) atoms. The summed E-state index contributed by atoms with van der Waals surface area (Å²) in [7, 11) is 0. The number of halogens is 2. The van der Waals surface area contributed by atoms with Crippen LogP contribution in [0.3, 0.4) is 0 Å². The maximum Gasteiger partial charge on any atom is 0.335 e. The Bertz CT molecular complexity index is 1640. The Hall–Kier alpha value is -2.65. The van der Waals surface area contributed by atoms with Crippen molar-refractivity contribution >= 4 is 55.9 Å². The Morgan fingerprint density at radius 3 is 2.41 bits per heavy atom. The number of thiazole rings is 1. The van der Waals surface area contributed by atoms with Crippen LogP contribution in [0, 0.1) is 0 Å². The maximum absolute atomic E-state index is 11.8. The van der Waals surface area contributed by atoms with E-state index in [0.29, 0.717) is 52.1 Å². The first-order valence-electron chi connectivity index (χ1n) is 14.6. The molecule has 0 spiro atoms. The summed E-state index contributed by atoms with van der Waals surface area (Å²) in [6.45, 7) is 0.667. The van der Waals surface area contributed by atoms with Crippen molar-refractivity contribution in [1.82, 2.24) is 15.5 Å². The molecular formula is C31H30Cl2N4O3S. The first kappa shape index (κ1) is 26.0. The molecule has 2 N–H and O–H groups in total. The van der Waals surface area contributed by atoms with Crippen LogP contribution in [-0.2, 0) is 6.54 Å². The third-order valence-electron chi connectivity index (χ3n) is 9.26. The summed E-state index contributed by atoms with van der Waals surface area (Å²) in [5, 5.41) is 20.2. The lowest BCUT2D eigenvalue weighted by Crippen LogP contribution is -2.49. The standard InChI is InChI=1S/C31H30Cl2N4O3S/c32-23-2-1-3-24(33)26(23)28-22(29(40-36-28)16-6-7-16)14-34-18-12-19-8-9-20(13-18)37(19)31-35-27-21(15-4-5-15)10-17(30(38)39)11-25(27)41-31/h1-3,10-11,15-16,18-20,34H,4-9,12-14H2,(H,38,39). The average molecular weight is 610 g/mol. The molecule has 2 atom stereocenters. The molecule has 2 unspecified atom stereocenters. The molecule has 4 heterocycles. The number of carboxylic acids is 1. The van der Waals surface area contributed by atoms with Crippen molar-refractivity contribution in [3.63, 3.8) is 0 Å². The smallest absolute Gasteiger partial charge is 0.335 e. The fraction of sp³-hybridized carbons (Fsp3) is 0.452. The third kappa shape index (κ3) is 4.63. The monoisotopic (exact) mass is 608 g/mol. The lowest BCUT2D eigenvalue weighted by atomic mass is 9.97. The number of hydrogen-bond acceptors (Lipinski definition) is 7. The molecule has 2 saturated carbocycles. The van der Waals surface area contributed by atoms with Crippen molar-refractivity contribution in [2.24, 2.45) is 0 Å². The van der Waals surface area contributed by atoms with E-state index in [2.05, 4.69) is 15.4 Å². The normalized spacial score (nSPS) is 24.0. The summed E-state index contributed by atoms with van der Waals surface area (Å²) in [5.41, 5.74) is 5.05. The largest absolute Gasteiger partial charge is 0.478 e. The Labute approximate surface area is 251 Å². The van der Waals surface area contributed by atoms with Crippen LogP contribution < -0.4 is 10.2 Å². The number of anilines is 1. The third-order valence-corrected chi connectivity index (χ3v) is 10.9. The first-order valence-corrected chi connectivity index (χ1v) is 16.1. The summed E-state index contributed by atoms with van der Waals surface area (Å²) in [4.78, 5) is 19.5. The SMILES string of the molecule is O=C(O)c1cc(C2CC2)c2nc(N3C4CCC3CC(NCc3c(-c5c(Cl)cccc5Cl)noc3C3CC3)C4)sc2c1. The molecule has 7 nitrogen and oxygen atoms in total. The average Bonchev–Trinajstić information content (AvgIpc) is 3.87. The Morgan fingerprint density at radius 1 is 1.05 bits per heavy atom. The maximum atomic E-state index is 11.8. The summed E-state index contributed by atoms with van der Waals surface area (Å²) in [5.74, 6) is 0.967. The number of aromatic carboxylic acids is 1. The number of rotatable bonds is 8. The number of carboxylic acid groups (broad SMARTS) is 1. The van der Waals surface area contributed by atoms with Crippen molar-refractivity contribution in [3.8, 4) is 11.3 Å². The molecule has 4 aliphatic rings. The molecule has 4 fully saturated rings. The molecule has 4 aromatic rings. The van der Waals surface area contributed by atoms with E-state index in [4.69, 9.17) is 32.7 Å². The number of fused-ring (bicyclic) bond motifs is 3. The van der Waals surface area contributed by atoms with Crippen molar-refractivity contribution in [1.29, 1.82) is 0 Å². The van der Waals surface area contributed by atoms with Crippen LogP contribution in [0.2, 0.25) is 10.0 Å². The van der Waals surface area contributed by atoms with Crippen molar-refractivity contribution < 1.29 is 14.4 Å². The van der Waals surface area contributed by atoms with Gasteiger partial charge in [0.2, 0.25) is 0 Å². The van der Waals surface area contributed by atoms with Gasteiger partial charge in [0.05, 0.1) is 25.8 Å². The van der Waals surface area contributed by atoms with Crippen molar-refractivity contribution in [3.05, 3.63) is 62.8 Å². The van der Waals surface area contributed by atoms with Gasteiger partial charge in [-0.2, -0.15) is 0 Å². The van der Waals surface area contributed by atoms with E-state index in [0.717, 1.165) is 94.9 Å². The topological polar surface area (TPSA) is 91.5 Å². The van der Waals surface area contributed by atoms with Gasteiger partial charge in [-0.15, -0.1) is 0 Å². The zero-order valence-corrected chi connectivity index (χ0v) is 24.7. The lowest BCUT2D eigenvalue weighted by Gasteiger charge is -2.39. The van der Waals surface area contributed by atoms with Crippen molar-refractivity contribution in [2.45, 2.75) is 87.9 Å². The molecule has 212 valence electrons. The van der Waals surface area contributed by atoms with Gasteiger partial charge in [0.1, 0.15) is 11.5 Å². The minimum Gasteiger partial charge on any atom is -0.478 e. The van der Waals surface area contributed by atoms with Crippen LogP contribution in [0.5, 0.6) is 0 Å². The highest BCUT2D eigenvalue weighted by atomic mass is 35.5. The van der Waals surface area contributed by atoms with E-state index in [9.17, 15) is 9.90 Å². The minimum absolute atomic E-state index is 0.371. The quantitative estimate of drug-likeness (QED) is 0.209. The number of piperidine rings is 1. The zero-order chi connectivity index (χ0) is 27.8. The fourth-order valence-corrected chi connectivity index (χ4v) is 8.72. The van der Waals surface area contributed by atoms with Crippen LogP contribution in [-0.4, -0.2) is 39.3 Å².